The van der Waals surface area contributed by atoms with Crippen LogP contribution in [0.2, 0.25) is 0 Å². The van der Waals surface area contributed by atoms with E-state index in [0.29, 0.717) is 11.0 Å². The number of nitrogens with zero attached hydrogens (tertiary/aromatic N) is 1. The quantitative estimate of drug-likeness (QED) is 0.389. The Bertz CT molecular complexity index is 364. The molecule has 0 amide bonds. The van der Waals surface area contributed by atoms with Gasteiger partial charge in [-0.2, -0.15) is 0 Å². The molecule has 6 heteroatoms. The molecule has 0 aromatic heterocycles. The normalized spacial score (nSPS) is 10.4. The van der Waals surface area contributed by atoms with Crippen LogP contribution in [0.5, 0.6) is 0 Å². The molecule has 2 N–H and O–H groups in total. The number of rotatable bonds is 3. The molecule has 5 nitrogen and oxygen atoms in total. The Hall–Kier alpha value is -1.66. The van der Waals surface area contributed by atoms with Gasteiger partial charge in [-0.25, -0.2) is 0 Å². The summed E-state index contributed by atoms with van der Waals surface area (Å²) >= 11 is 0. The van der Waals surface area contributed by atoms with E-state index in [1.54, 1.807) is 12.1 Å². The summed E-state index contributed by atoms with van der Waals surface area (Å²) in [5.74, 6) is 0. The minimum absolute atomic E-state index is 0.301. The minimum Gasteiger partial charge on any atom is -0.423 e. The first-order chi connectivity index (χ1) is 6.59. The van der Waals surface area contributed by atoms with Crippen LogP contribution in [0.1, 0.15) is 5.56 Å². The monoisotopic (exact) mass is 193 g/mol. The van der Waals surface area contributed by atoms with E-state index in [0.717, 1.165) is 6.20 Å². The predicted molar refractivity (Wildman–Crippen MR) is 52.3 cm³/mol. The molecule has 0 bridgehead atoms. The fourth-order valence-corrected chi connectivity index (χ4v) is 0.970. The van der Waals surface area contributed by atoms with E-state index < -0.39 is 12.0 Å². The van der Waals surface area contributed by atoms with Gasteiger partial charge in [0, 0.05) is 6.08 Å². The van der Waals surface area contributed by atoms with E-state index in [4.69, 9.17) is 10.0 Å². The van der Waals surface area contributed by atoms with Gasteiger partial charge in [-0.3, -0.25) is 10.1 Å². The SMILES string of the molecule is O=[N+]([O-])C=Cc1cccc(B(O)O)c1. The average Bonchev–Trinajstić information content (AvgIpc) is 2.15. The summed E-state index contributed by atoms with van der Waals surface area (Å²) in [6.45, 7) is 0. The van der Waals surface area contributed by atoms with Gasteiger partial charge in [0.15, 0.2) is 0 Å². The number of nitro groups is 1. The molecule has 0 saturated heterocycles. The molecule has 0 fully saturated rings. The van der Waals surface area contributed by atoms with E-state index in [9.17, 15) is 10.1 Å². The van der Waals surface area contributed by atoms with Crippen LogP contribution in [0.25, 0.3) is 6.08 Å². The zero-order valence-electron chi connectivity index (χ0n) is 7.20. The van der Waals surface area contributed by atoms with Gasteiger partial charge >= 0.3 is 7.12 Å². The summed E-state index contributed by atoms with van der Waals surface area (Å²) < 4.78 is 0. The van der Waals surface area contributed by atoms with Gasteiger partial charge in [-0.05, 0) is 11.0 Å². The first-order valence-electron chi connectivity index (χ1n) is 3.87. The smallest absolute Gasteiger partial charge is 0.423 e. The maximum Gasteiger partial charge on any atom is 0.488 e. The summed E-state index contributed by atoms with van der Waals surface area (Å²) in [5.41, 5.74) is 0.850. The molecule has 0 atom stereocenters. The highest BCUT2D eigenvalue weighted by atomic mass is 16.6. The molecule has 1 aromatic rings. The van der Waals surface area contributed by atoms with Crippen molar-refractivity contribution in [3.63, 3.8) is 0 Å². The van der Waals surface area contributed by atoms with E-state index in [1.807, 2.05) is 0 Å². The second kappa shape index (κ2) is 4.54. The van der Waals surface area contributed by atoms with Crippen molar-refractivity contribution in [2.24, 2.45) is 0 Å². The largest absolute Gasteiger partial charge is 0.488 e. The minimum atomic E-state index is -1.56. The van der Waals surface area contributed by atoms with Crippen molar-refractivity contribution in [2.45, 2.75) is 0 Å². The van der Waals surface area contributed by atoms with Crippen LogP contribution < -0.4 is 5.46 Å². The summed E-state index contributed by atoms with van der Waals surface area (Å²) in [7, 11) is -1.56. The summed E-state index contributed by atoms with van der Waals surface area (Å²) in [4.78, 5) is 9.43. The van der Waals surface area contributed by atoms with Crippen LogP contribution in [0.15, 0.2) is 30.5 Å². The third-order valence-corrected chi connectivity index (χ3v) is 1.60. The third kappa shape index (κ3) is 3.00. The summed E-state index contributed by atoms with van der Waals surface area (Å²) in [5, 5.41) is 27.7. The van der Waals surface area contributed by atoms with Gasteiger partial charge < -0.3 is 10.0 Å². The molecule has 0 heterocycles. The fraction of sp³-hybridized carbons (Fsp3) is 0. The van der Waals surface area contributed by atoms with Crippen LogP contribution in [0.4, 0.5) is 0 Å². The van der Waals surface area contributed by atoms with E-state index in [2.05, 4.69) is 0 Å². The van der Waals surface area contributed by atoms with Gasteiger partial charge in [0.25, 0.3) is 0 Å². The standard InChI is InChI=1S/C8H8BNO4/c11-9(12)8-3-1-2-7(6-8)4-5-10(13)14/h1-6,11-12H. The van der Waals surface area contributed by atoms with Gasteiger partial charge in [-0.15, -0.1) is 0 Å². The lowest BCUT2D eigenvalue weighted by atomic mass is 9.80. The Morgan fingerprint density at radius 2 is 2.14 bits per heavy atom. The van der Waals surface area contributed by atoms with Crippen LogP contribution in [-0.2, 0) is 0 Å². The van der Waals surface area contributed by atoms with Crippen molar-refractivity contribution in [1.82, 2.24) is 0 Å². The van der Waals surface area contributed by atoms with E-state index in [1.165, 1.54) is 18.2 Å². The first kappa shape index (κ1) is 10.4. The highest BCUT2D eigenvalue weighted by molar-refractivity contribution is 6.58. The Kier molecular flexibility index (Phi) is 3.38. The Balaban J connectivity index is 2.89. The highest BCUT2D eigenvalue weighted by Crippen LogP contribution is 1.99. The van der Waals surface area contributed by atoms with Crippen molar-refractivity contribution >= 4 is 18.7 Å². The topological polar surface area (TPSA) is 83.6 Å². The molecular formula is C8H8BNO4. The summed E-state index contributed by atoms with van der Waals surface area (Å²) in [6.07, 6.45) is 2.08. The van der Waals surface area contributed by atoms with Crippen LogP contribution in [0.3, 0.4) is 0 Å². The molecule has 0 saturated carbocycles. The molecule has 0 radical (unpaired) electrons. The molecule has 1 rings (SSSR count). The van der Waals surface area contributed by atoms with Crippen molar-refractivity contribution < 1.29 is 15.0 Å². The van der Waals surface area contributed by atoms with Crippen molar-refractivity contribution in [2.75, 3.05) is 0 Å². The second-order valence-electron chi connectivity index (χ2n) is 2.64. The lowest BCUT2D eigenvalue weighted by molar-refractivity contribution is -0.400. The average molecular weight is 193 g/mol. The highest BCUT2D eigenvalue weighted by Gasteiger charge is 2.09. The molecule has 0 aliphatic rings. The van der Waals surface area contributed by atoms with E-state index >= 15 is 0 Å². The lowest BCUT2D eigenvalue weighted by Crippen LogP contribution is -2.29. The number of hydrogen-bond donors (Lipinski definition) is 2. The van der Waals surface area contributed by atoms with Gasteiger partial charge in [0.1, 0.15) is 0 Å². The molecule has 14 heavy (non-hydrogen) atoms. The maximum atomic E-state index is 10.0. The van der Waals surface area contributed by atoms with E-state index in [-0.39, 0.29) is 0 Å². The van der Waals surface area contributed by atoms with Crippen molar-refractivity contribution in [3.05, 3.63) is 46.1 Å². The molecule has 72 valence electrons. The molecule has 0 aliphatic carbocycles. The Morgan fingerprint density at radius 3 is 2.71 bits per heavy atom. The van der Waals surface area contributed by atoms with Gasteiger partial charge in [-0.1, -0.05) is 24.3 Å². The van der Waals surface area contributed by atoms with Gasteiger partial charge in [0.05, 0.1) is 4.92 Å². The fourth-order valence-electron chi connectivity index (χ4n) is 0.970. The third-order valence-electron chi connectivity index (χ3n) is 1.60. The molecular weight excluding hydrogens is 185 g/mol. The second-order valence-corrected chi connectivity index (χ2v) is 2.64. The first-order valence-corrected chi connectivity index (χ1v) is 3.87. The predicted octanol–water partition coefficient (Wildman–Crippen LogP) is -0.386. The summed E-state index contributed by atoms with van der Waals surface area (Å²) in [6, 6.07) is 6.21. The number of benzene rings is 1. The Morgan fingerprint density at radius 1 is 1.43 bits per heavy atom. The van der Waals surface area contributed by atoms with Crippen LogP contribution >= 0.6 is 0 Å². The maximum absolute atomic E-state index is 10.0. The zero-order chi connectivity index (χ0) is 10.6. The molecule has 1 aromatic carbocycles. The zero-order valence-corrected chi connectivity index (χ0v) is 7.20. The lowest BCUT2D eigenvalue weighted by Gasteiger charge is -1.99. The number of hydrogen-bond acceptors (Lipinski definition) is 4. The van der Waals surface area contributed by atoms with Crippen molar-refractivity contribution in [3.8, 4) is 0 Å². The van der Waals surface area contributed by atoms with Crippen LogP contribution in [-0.4, -0.2) is 22.1 Å². The van der Waals surface area contributed by atoms with Crippen LogP contribution in [0, 0.1) is 10.1 Å². The van der Waals surface area contributed by atoms with Gasteiger partial charge in [0.2, 0.25) is 6.20 Å². The van der Waals surface area contributed by atoms with Crippen molar-refractivity contribution in [1.29, 1.82) is 0 Å². The molecule has 0 spiro atoms. The molecule has 0 unspecified atom stereocenters. The molecule has 0 aliphatic heterocycles. The Labute approximate surface area is 80.6 Å².